The van der Waals surface area contributed by atoms with Crippen molar-refractivity contribution in [3.8, 4) is 11.1 Å². The van der Waals surface area contributed by atoms with Crippen LogP contribution in [0.25, 0.3) is 11.1 Å². The predicted octanol–water partition coefficient (Wildman–Crippen LogP) is 3.20. The maximum atomic E-state index is 12.2. The number of aliphatic hydroxyl groups is 1. The second kappa shape index (κ2) is 10.5. The number of nitrogens with zero attached hydrogens (tertiary/aromatic N) is 4. The van der Waals surface area contributed by atoms with E-state index in [9.17, 15) is 4.79 Å². The Hall–Kier alpha value is -3.03. The lowest BCUT2D eigenvalue weighted by molar-refractivity contribution is 0.0946. The molecule has 7 nitrogen and oxygen atoms in total. The molecule has 2 aromatic carbocycles. The maximum absolute atomic E-state index is 12.2. The van der Waals surface area contributed by atoms with Crippen LogP contribution in [0, 0.1) is 6.92 Å². The third-order valence-corrected chi connectivity index (χ3v) is 6.03. The highest BCUT2D eigenvalue weighted by Gasteiger charge is 2.23. The Labute approximate surface area is 189 Å². The summed E-state index contributed by atoms with van der Waals surface area (Å²) in [5, 5.41) is 19.9. The number of amides is 1. The van der Waals surface area contributed by atoms with Crippen molar-refractivity contribution >= 4 is 5.91 Å². The Bertz CT molecular complexity index is 1030. The van der Waals surface area contributed by atoms with Gasteiger partial charge in [0.05, 0.1) is 12.2 Å². The number of aryl methyl sites for hydroxylation is 1. The smallest absolute Gasteiger partial charge is 0.273 e. The largest absolute Gasteiger partial charge is 0.396 e. The van der Waals surface area contributed by atoms with Crippen LogP contribution >= 0.6 is 0 Å². The SMILES string of the molecule is Cc1ccccc1-c1ccc(CN2CCCC(n3cc(C(=O)NCCCO)nn3)C2)cc1. The number of piperidine rings is 1. The van der Waals surface area contributed by atoms with E-state index in [0.29, 0.717) is 18.7 Å². The van der Waals surface area contributed by atoms with Crippen LogP contribution in [-0.4, -0.2) is 57.1 Å². The third-order valence-electron chi connectivity index (χ3n) is 6.03. The van der Waals surface area contributed by atoms with Crippen molar-refractivity contribution < 1.29 is 9.90 Å². The highest BCUT2D eigenvalue weighted by molar-refractivity contribution is 5.91. The van der Waals surface area contributed by atoms with Crippen LogP contribution in [0.4, 0.5) is 0 Å². The summed E-state index contributed by atoms with van der Waals surface area (Å²) >= 11 is 0. The summed E-state index contributed by atoms with van der Waals surface area (Å²) < 4.78 is 1.83. The van der Waals surface area contributed by atoms with E-state index >= 15 is 0 Å². The second-order valence-corrected chi connectivity index (χ2v) is 8.46. The molecular formula is C25H31N5O2. The summed E-state index contributed by atoms with van der Waals surface area (Å²) in [5.74, 6) is -0.244. The number of benzene rings is 2. The van der Waals surface area contributed by atoms with Crippen LogP contribution in [-0.2, 0) is 6.54 Å². The van der Waals surface area contributed by atoms with Crippen molar-refractivity contribution in [2.45, 2.75) is 38.8 Å². The van der Waals surface area contributed by atoms with Gasteiger partial charge in [0.25, 0.3) is 5.91 Å². The number of hydrogen-bond donors (Lipinski definition) is 2. The van der Waals surface area contributed by atoms with E-state index < -0.39 is 0 Å². The average Bonchev–Trinajstić information content (AvgIpc) is 3.31. The fraction of sp³-hybridized carbons (Fsp3) is 0.400. The summed E-state index contributed by atoms with van der Waals surface area (Å²) in [6.07, 6.45) is 4.38. The molecule has 1 atom stereocenters. The van der Waals surface area contributed by atoms with Crippen molar-refractivity contribution in [2.24, 2.45) is 0 Å². The van der Waals surface area contributed by atoms with Crippen molar-refractivity contribution in [2.75, 3.05) is 26.2 Å². The van der Waals surface area contributed by atoms with E-state index in [2.05, 4.69) is 76.0 Å². The second-order valence-electron chi connectivity index (χ2n) is 8.46. The molecule has 0 spiro atoms. The van der Waals surface area contributed by atoms with E-state index in [1.165, 1.54) is 22.3 Å². The van der Waals surface area contributed by atoms with Gasteiger partial charge in [0, 0.05) is 26.2 Å². The topological polar surface area (TPSA) is 83.3 Å². The quantitative estimate of drug-likeness (QED) is 0.533. The Morgan fingerprint density at radius 3 is 2.78 bits per heavy atom. The molecule has 168 valence electrons. The van der Waals surface area contributed by atoms with E-state index in [1.807, 2.05) is 4.68 Å². The molecule has 1 fully saturated rings. The lowest BCUT2D eigenvalue weighted by Gasteiger charge is -2.32. The van der Waals surface area contributed by atoms with Gasteiger partial charge in [-0.2, -0.15) is 0 Å². The summed E-state index contributed by atoms with van der Waals surface area (Å²) in [6.45, 7) is 5.47. The standard InChI is InChI=1S/C25H31N5O2/c1-19-6-2-3-8-23(19)21-11-9-20(10-12-21)16-29-14-4-7-22(17-29)30-18-24(27-28-30)25(32)26-13-5-15-31/h2-3,6,8-12,18,22,31H,4-5,7,13-17H2,1H3,(H,26,32). The van der Waals surface area contributed by atoms with E-state index in [1.54, 1.807) is 6.20 Å². The first-order valence-electron chi connectivity index (χ1n) is 11.3. The summed E-state index contributed by atoms with van der Waals surface area (Å²) in [6, 6.07) is 17.5. The van der Waals surface area contributed by atoms with E-state index in [-0.39, 0.29) is 18.6 Å². The maximum Gasteiger partial charge on any atom is 0.273 e. The minimum atomic E-state index is -0.244. The Morgan fingerprint density at radius 2 is 2.00 bits per heavy atom. The molecule has 1 aliphatic heterocycles. The number of likely N-dealkylation sites (tertiary alicyclic amines) is 1. The number of hydrogen-bond acceptors (Lipinski definition) is 5. The van der Waals surface area contributed by atoms with Gasteiger partial charge in [0.1, 0.15) is 0 Å². The zero-order chi connectivity index (χ0) is 22.3. The molecule has 1 amide bonds. The third kappa shape index (κ3) is 5.41. The van der Waals surface area contributed by atoms with Crippen LogP contribution in [0.3, 0.4) is 0 Å². The first-order chi connectivity index (χ1) is 15.6. The number of carbonyl (C=O) groups is 1. The molecule has 1 saturated heterocycles. The van der Waals surface area contributed by atoms with Crippen molar-refractivity contribution in [3.05, 3.63) is 71.5 Å². The minimum Gasteiger partial charge on any atom is -0.396 e. The fourth-order valence-corrected chi connectivity index (χ4v) is 4.27. The molecule has 32 heavy (non-hydrogen) atoms. The van der Waals surface area contributed by atoms with Crippen molar-refractivity contribution in [1.29, 1.82) is 0 Å². The summed E-state index contributed by atoms with van der Waals surface area (Å²) in [7, 11) is 0. The van der Waals surface area contributed by atoms with Gasteiger partial charge in [-0.1, -0.05) is 53.7 Å². The molecule has 0 radical (unpaired) electrons. The Morgan fingerprint density at radius 1 is 1.19 bits per heavy atom. The molecule has 3 aromatic rings. The van der Waals surface area contributed by atoms with Gasteiger partial charge in [0.2, 0.25) is 0 Å². The lowest BCUT2D eigenvalue weighted by Crippen LogP contribution is -2.36. The molecular weight excluding hydrogens is 402 g/mol. The molecule has 0 saturated carbocycles. The van der Waals surface area contributed by atoms with Crippen LogP contribution in [0.5, 0.6) is 0 Å². The van der Waals surface area contributed by atoms with E-state index in [0.717, 1.165) is 32.5 Å². The zero-order valence-corrected chi connectivity index (χ0v) is 18.6. The molecule has 1 aliphatic rings. The first-order valence-corrected chi connectivity index (χ1v) is 11.3. The lowest BCUT2D eigenvalue weighted by atomic mass is 9.99. The molecule has 1 aromatic heterocycles. The van der Waals surface area contributed by atoms with Gasteiger partial charge in [-0.25, -0.2) is 4.68 Å². The predicted molar refractivity (Wildman–Crippen MR) is 124 cm³/mol. The van der Waals surface area contributed by atoms with Gasteiger partial charge < -0.3 is 10.4 Å². The van der Waals surface area contributed by atoms with Gasteiger partial charge in [-0.05, 0) is 55.0 Å². The van der Waals surface area contributed by atoms with Crippen LogP contribution < -0.4 is 5.32 Å². The number of carbonyl (C=O) groups excluding carboxylic acids is 1. The molecule has 1 unspecified atom stereocenters. The molecule has 0 aliphatic carbocycles. The van der Waals surface area contributed by atoms with Gasteiger partial charge in [0.15, 0.2) is 5.69 Å². The van der Waals surface area contributed by atoms with Crippen LogP contribution in [0.15, 0.2) is 54.7 Å². The van der Waals surface area contributed by atoms with Gasteiger partial charge in [-0.15, -0.1) is 5.10 Å². The average molecular weight is 434 g/mol. The monoisotopic (exact) mass is 433 g/mol. The molecule has 0 bridgehead atoms. The number of rotatable bonds is 8. The summed E-state index contributed by atoms with van der Waals surface area (Å²) in [5.41, 5.74) is 5.43. The molecule has 2 heterocycles. The van der Waals surface area contributed by atoms with Crippen LogP contribution in [0.2, 0.25) is 0 Å². The highest BCUT2D eigenvalue weighted by atomic mass is 16.3. The number of nitrogens with one attached hydrogen (secondary N) is 1. The van der Waals surface area contributed by atoms with Crippen molar-refractivity contribution in [3.63, 3.8) is 0 Å². The fourth-order valence-electron chi connectivity index (χ4n) is 4.27. The van der Waals surface area contributed by atoms with Crippen LogP contribution in [0.1, 0.15) is 46.9 Å². The number of aliphatic hydroxyl groups excluding tert-OH is 1. The molecule has 4 rings (SSSR count). The Kier molecular flexibility index (Phi) is 7.29. The summed E-state index contributed by atoms with van der Waals surface area (Å²) in [4.78, 5) is 14.6. The zero-order valence-electron chi connectivity index (χ0n) is 18.6. The molecule has 2 N–H and O–H groups in total. The Balaban J connectivity index is 1.35. The number of aromatic nitrogens is 3. The normalized spacial score (nSPS) is 16.8. The van der Waals surface area contributed by atoms with Crippen molar-refractivity contribution in [1.82, 2.24) is 25.2 Å². The molecule has 7 heteroatoms. The minimum absolute atomic E-state index is 0.0551. The van der Waals surface area contributed by atoms with E-state index in [4.69, 9.17) is 5.11 Å². The van der Waals surface area contributed by atoms with Gasteiger partial charge in [-0.3, -0.25) is 9.69 Å². The van der Waals surface area contributed by atoms with Gasteiger partial charge >= 0.3 is 0 Å². The first kappa shape index (κ1) is 22.2. The highest BCUT2D eigenvalue weighted by Crippen LogP contribution is 2.25.